The second-order valence-corrected chi connectivity index (χ2v) is 2.05. The first-order chi connectivity index (χ1) is 5.16. The molecule has 5 heteroatoms. The summed E-state index contributed by atoms with van der Waals surface area (Å²) in [7, 11) is 0. The van der Waals surface area contributed by atoms with Crippen LogP contribution in [-0.4, -0.2) is 23.5 Å². The average molecular weight is 160 g/mol. The summed E-state index contributed by atoms with van der Waals surface area (Å²) in [6.07, 6.45) is 1.16. The minimum atomic E-state index is -0.998. The summed E-state index contributed by atoms with van der Waals surface area (Å²) in [5, 5.41) is 8.14. The number of rotatable bonds is 5. The van der Waals surface area contributed by atoms with Gasteiger partial charge >= 0.3 is 5.97 Å². The Balaban J connectivity index is 3.24. The highest BCUT2D eigenvalue weighted by atomic mass is 16.4. The second kappa shape index (κ2) is 5.67. The van der Waals surface area contributed by atoms with Gasteiger partial charge in [-0.05, 0) is 6.42 Å². The number of carbonyl (C=O) groups excluding carboxylic acids is 1. The summed E-state index contributed by atoms with van der Waals surface area (Å²) >= 11 is 0. The normalized spacial score (nSPS) is 9.18. The van der Waals surface area contributed by atoms with Gasteiger partial charge in [-0.1, -0.05) is 6.92 Å². The van der Waals surface area contributed by atoms with E-state index in [-0.39, 0.29) is 12.5 Å². The van der Waals surface area contributed by atoms with Crippen molar-refractivity contribution in [3.63, 3.8) is 0 Å². The molecule has 0 bridgehead atoms. The van der Waals surface area contributed by atoms with E-state index >= 15 is 0 Å². The van der Waals surface area contributed by atoms with E-state index < -0.39 is 5.97 Å². The molecule has 0 aromatic heterocycles. The molecule has 5 nitrogen and oxygen atoms in total. The maximum Gasteiger partial charge on any atom is 0.319 e. The van der Waals surface area contributed by atoms with Crippen LogP contribution < -0.4 is 10.9 Å². The molecule has 0 aliphatic heterocycles. The van der Waals surface area contributed by atoms with E-state index in [2.05, 4.69) is 10.9 Å². The van der Waals surface area contributed by atoms with Gasteiger partial charge in [-0.3, -0.25) is 15.0 Å². The maximum absolute atomic E-state index is 10.7. The van der Waals surface area contributed by atoms with E-state index in [4.69, 9.17) is 5.11 Å². The molecular weight excluding hydrogens is 148 g/mol. The first-order valence-corrected chi connectivity index (χ1v) is 3.40. The molecule has 0 rings (SSSR count). The number of aliphatic carboxylic acids is 1. The van der Waals surface area contributed by atoms with Crippen LogP contribution in [0, 0.1) is 0 Å². The molecule has 0 atom stereocenters. The molecule has 3 N–H and O–H groups in total. The third kappa shape index (κ3) is 6.79. The molecule has 0 fully saturated rings. The van der Waals surface area contributed by atoms with Gasteiger partial charge in [0.1, 0.15) is 6.54 Å². The zero-order chi connectivity index (χ0) is 8.69. The number of hydrogen-bond acceptors (Lipinski definition) is 3. The lowest BCUT2D eigenvalue weighted by Gasteiger charge is -2.02. The van der Waals surface area contributed by atoms with E-state index in [1.807, 2.05) is 6.92 Å². The van der Waals surface area contributed by atoms with Crippen LogP contribution in [0.4, 0.5) is 0 Å². The van der Waals surface area contributed by atoms with Gasteiger partial charge in [0, 0.05) is 6.42 Å². The lowest BCUT2D eigenvalue weighted by molar-refractivity contribution is -0.136. The molecule has 0 radical (unpaired) electrons. The SMILES string of the molecule is CCCC(=O)NNCC(=O)O. The number of hydrazine groups is 1. The van der Waals surface area contributed by atoms with Crippen molar-refractivity contribution in [3.05, 3.63) is 0 Å². The van der Waals surface area contributed by atoms with E-state index in [9.17, 15) is 9.59 Å². The van der Waals surface area contributed by atoms with Crippen molar-refractivity contribution in [2.24, 2.45) is 0 Å². The molecule has 0 aliphatic carbocycles. The molecule has 0 aliphatic rings. The predicted molar refractivity (Wildman–Crippen MR) is 38.7 cm³/mol. The Hall–Kier alpha value is -1.10. The van der Waals surface area contributed by atoms with Crippen LogP contribution >= 0.6 is 0 Å². The zero-order valence-electron chi connectivity index (χ0n) is 6.39. The quantitative estimate of drug-likeness (QED) is 0.473. The molecule has 11 heavy (non-hydrogen) atoms. The summed E-state index contributed by atoms with van der Waals surface area (Å²) in [6, 6.07) is 0. The van der Waals surface area contributed by atoms with E-state index in [0.717, 1.165) is 6.42 Å². The topological polar surface area (TPSA) is 78.4 Å². The third-order valence-electron chi connectivity index (χ3n) is 0.944. The Morgan fingerprint density at radius 1 is 1.45 bits per heavy atom. The smallest absolute Gasteiger partial charge is 0.319 e. The number of carboxylic acids is 1. The number of hydrogen-bond donors (Lipinski definition) is 3. The van der Waals surface area contributed by atoms with Gasteiger partial charge in [0.15, 0.2) is 0 Å². The van der Waals surface area contributed by atoms with Gasteiger partial charge < -0.3 is 5.11 Å². The van der Waals surface area contributed by atoms with E-state index in [1.54, 1.807) is 0 Å². The molecule has 0 unspecified atom stereocenters. The maximum atomic E-state index is 10.7. The number of nitrogens with one attached hydrogen (secondary N) is 2. The monoisotopic (exact) mass is 160 g/mol. The van der Waals surface area contributed by atoms with Crippen LogP contribution in [0.1, 0.15) is 19.8 Å². The standard InChI is InChI=1S/C6H12N2O3/c1-2-3-5(9)8-7-4-6(10)11/h7H,2-4H2,1H3,(H,8,9)(H,10,11). The Bertz CT molecular complexity index is 147. The van der Waals surface area contributed by atoms with Gasteiger partial charge in [0.25, 0.3) is 0 Å². The van der Waals surface area contributed by atoms with Crippen LogP contribution in [0.25, 0.3) is 0 Å². The minimum absolute atomic E-state index is 0.186. The summed E-state index contributed by atoms with van der Waals surface area (Å²) in [5.41, 5.74) is 4.52. The Morgan fingerprint density at radius 2 is 2.09 bits per heavy atom. The summed E-state index contributed by atoms with van der Waals surface area (Å²) < 4.78 is 0. The molecule has 1 amide bonds. The van der Waals surface area contributed by atoms with Crippen molar-refractivity contribution in [2.75, 3.05) is 6.54 Å². The fourth-order valence-electron chi connectivity index (χ4n) is 0.508. The van der Waals surface area contributed by atoms with Crippen molar-refractivity contribution in [3.8, 4) is 0 Å². The molecule has 64 valence electrons. The summed E-state index contributed by atoms with van der Waals surface area (Å²) in [6.45, 7) is 1.62. The van der Waals surface area contributed by atoms with E-state index in [0.29, 0.717) is 6.42 Å². The highest BCUT2D eigenvalue weighted by Gasteiger charge is 1.98. The summed E-state index contributed by atoms with van der Waals surface area (Å²) in [5.74, 6) is -1.18. The molecule has 0 saturated carbocycles. The van der Waals surface area contributed by atoms with Gasteiger partial charge in [-0.15, -0.1) is 0 Å². The predicted octanol–water partition coefficient (Wildman–Crippen LogP) is -0.508. The number of carbonyl (C=O) groups is 2. The van der Waals surface area contributed by atoms with Crippen molar-refractivity contribution in [1.29, 1.82) is 0 Å². The Labute approximate surface area is 64.8 Å². The lowest BCUT2D eigenvalue weighted by Crippen LogP contribution is -2.40. The largest absolute Gasteiger partial charge is 0.480 e. The van der Waals surface area contributed by atoms with E-state index in [1.165, 1.54) is 0 Å². The van der Waals surface area contributed by atoms with Crippen molar-refractivity contribution < 1.29 is 14.7 Å². The van der Waals surface area contributed by atoms with Crippen LogP contribution in [0.3, 0.4) is 0 Å². The number of amides is 1. The Morgan fingerprint density at radius 3 is 2.55 bits per heavy atom. The Kier molecular flexibility index (Phi) is 5.10. The first-order valence-electron chi connectivity index (χ1n) is 3.40. The van der Waals surface area contributed by atoms with Crippen molar-refractivity contribution >= 4 is 11.9 Å². The summed E-state index contributed by atoms with van der Waals surface area (Å²) in [4.78, 5) is 20.6. The third-order valence-corrected chi connectivity index (χ3v) is 0.944. The highest BCUT2D eigenvalue weighted by molar-refractivity contribution is 5.76. The van der Waals surface area contributed by atoms with Crippen molar-refractivity contribution in [1.82, 2.24) is 10.9 Å². The zero-order valence-corrected chi connectivity index (χ0v) is 6.39. The molecule has 0 aromatic carbocycles. The van der Waals surface area contributed by atoms with Crippen LogP contribution in [-0.2, 0) is 9.59 Å². The van der Waals surface area contributed by atoms with Gasteiger partial charge in [0.05, 0.1) is 0 Å². The average Bonchev–Trinajstić information content (AvgIpc) is 1.87. The number of carboxylic acid groups (broad SMARTS) is 1. The van der Waals surface area contributed by atoms with Crippen molar-refractivity contribution in [2.45, 2.75) is 19.8 Å². The molecule has 0 aromatic rings. The molecule has 0 spiro atoms. The van der Waals surface area contributed by atoms with Gasteiger partial charge in [-0.25, -0.2) is 5.43 Å². The fraction of sp³-hybridized carbons (Fsp3) is 0.667. The van der Waals surface area contributed by atoms with Crippen LogP contribution in [0.2, 0.25) is 0 Å². The fourth-order valence-corrected chi connectivity index (χ4v) is 0.508. The molecule has 0 saturated heterocycles. The molecular formula is C6H12N2O3. The van der Waals surface area contributed by atoms with Crippen LogP contribution in [0.5, 0.6) is 0 Å². The first kappa shape index (κ1) is 9.90. The molecule has 0 heterocycles. The minimum Gasteiger partial charge on any atom is -0.480 e. The van der Waals surface area contributed by atoms with Crippen LogP contribution in [0.15, 0.2) is 0 Å². The van der Waals surface area contributed by atoms with Gasteiger partial charge in [-0.2, -0.15) is 0 Å². The second-order valence-electron chi connectivity index (χ2n) is 2.05. The van der Waals surface area contributed by atoms with Gasteiger partial charge in [0.2, 0.25) is 5.91 Å². The highest BCUT2D eigenvalue weighted by Crippen LogP contribution is 1.82. The lowest BCUT2D eigenvalue weighted by atomic mass is 10.3.